The molecule has 30 heavy (non-hydrogen) atoms. The van der Waals surface area contributed by atoms with Crippen LogP contribution in [0.2, 0.25) is 0 Å². The van der Waals surface area contributed by atoms with Gasteiger partial charge < -0.3 is 4.42 Å². The lowest BCUT2D eigenvalue weighted by molar-refractivity contribution is 0.473. The quantitative estimate of drug-likeness (QED) is 0.563. The molecule has 0 aliphatic carbocycles. The fourth-order valence-corrected chi connectivity index (χ4v) is 4.42. The molecule has 3 rings (SSSR count). The van der Waals surface area contributed by atoms with Crippen molar-refractivity contribution in [2.45, 2.75) is 25.4 Å². The average Bonchev–Trinajstić information content (AvgIpc) is 3.08. The van der Waals surface area contributed by atoms with Crippen molar-refractivity contribution in [1.82, 2.24) is 10.2 Å². The minimum absolute atomic E-state index is 0.177. The first-order valence-electron chi connectivity index (χ1n) is 8.96. The van der Waals surface area contributed by atoms with Gasteiger partial charge in [0, 0.05) is 11.1 Å². The van der Waals surface area contributed by atoms with Gasteiger partial charge in [0.2, 0.25) is 21.8 Å². The van der Waals surface area contributed by atoms with Crippen molar-refractivity contribution in [2.24, 2.45) is 0 Å². The number of benzene rings is 2. The van der Waals surface area contributed by atoms with Crippen LogP contribution in [-0.4, -0.2) is 27.0 Å². The van der Waals surface area contributed by atoms with Crippen LogP contribution in [0.3, 0.4) is 0 Å². The second-order valence-electron chi connectivity index (χ2n) is 6.84. The summed E-state index contributed by atoms with van der Waals surface area (Å²) in [7, 11) is -7.46. The van der Waals surface area contributed by atoms with Crippen LogP contribution in [0.25, 0.3) is 6.08 Å². The maximum absolute atomic E-state index is 12.3. The van der Waals surface area contributed by atoms with E-state index >= 15 is 0 Å². The van der Waals surface area contributed by atoms with Gasteiger partial charge in [-0.05, 0) is 37.6 Å². The lowest BCUT2D eigenvalue weighted by Gasteiger charge is -2.06. The van der Waals surface area contributed by atoms with Crippen LogP contribution in [0.15, 0.2) is 58.4 Å². The monoisotopic (exact) mass is 447 g/mol. The van der Waals surface area contributed by atoms with E-state index < -0.39 is 31.4 Å². The smallest absolute Gasteiger partial charge is 0.241 e. The van der Waals surface area contributed by atoms with E-state index in [1.807, 2.05) is 26.0 Å². The van der Waals surface area contributed by atoms with Crippen LogP contribution in [-0.2, 0) is 31.4 Å². The van der Waals surface area contributed by atoms with E-state index in [0.717, 1.165) is 22.1 Å². The molecule has 0 saturated heterocycles. The van der Waals surface area contributed by atoms with Gasteiger partial charge >= 0.3 is 0 Å². The number of aryl methyl sites for hydroxylation is 2. The molecule has 3 aromatic rings. The summed E-state index contributed by atoms with van der Waals surface area (Å²) < 4.78 is 56.7. The Kier molecular flexibility index (Phi) is 6.37. The van der Waals surface area contributed by atoms with Gasteiger partial charge in [0.25, 0.3) is 0 Å². The average molecular weight is 448 g/mol. The van der Waals surface area contributed by atoms with Crippen LogP contribution in [0.5, 0.6) is 0 Å². The van der Waals surface area contributed by atoms with E-state index in [1.54, 1.807) is 36.4 Å². The second kappa shape index (κ2) is 8.80. The zero-order chi connectivity index (χ0) is 21.8. The highest BCUT2D eigenvalue weighted by Crippen LogP contribution is 2.15. The Labute approximate surface area is 175 Å². The zero-order valence-corrected chi connectivity index (χ0v) is 18.1. The van der Waals surface area contributed by atoms with E-state index in [4.69, 9.17) is 4.42 Å². The highest BCUT2D eigenvalue weighted by molar-refractivity contribution is 7.93. The Morgan fingerprint density at radius 3 is 1.97 bits per heavy atom. The number of sulfone groups is 1. The Hall–Kier alpha value is -2.98. The normalized spacial score (nSPS) is 12.3. The maximum atomic E-state index is 12.3. The van der Waals surface area contributed by atoms with Crippen molar-refractivity contribution < 1.29 is 21.3 Å². The van der Waals surface area contributed by atoms with Gasteiger partial charge in [0.1, 0.15) is 11.5 Å². The summed E-state index contributed by atoms with van der Waals surface area (Å²) in [4.78, 5) is 0. The number of rotatable bonds is 8. The number of aromatic nitrogens is 2. The van der Waals surface area contributed by atoms with Crippen LogP contribution in [0.4, 0.5) is 5.69 Å². The largest absolute Gasteiger partial charge is 0.423 e. The van der Waals surface area contributed by atoms with E-state index in [0.29, 0.717) is 5.69 Å². The summed E-state index contributed by atoms with van der Waals surface area (Å²) in [6, 6.07) is 14.2. The molecule has 0 amide bonds. The van der Waals surface area contributed by atoms with Crippen molar-refractivity contribution in [3.05, 3.63) is 82.4 Å². The molecule has 0 bridgehead atoms. The van der Waals surface area contributed by atoms with Crippen molar-refractivity contribution in [3.63, 3.8) is 0 Å². The molecule has 158 valence electrons. The molecule has 1 aromatic heterocycles. The number of nitrogens with one attached hydrogen (secondary N) is 1. The number of hydrogen-bond donors (Lipinski definition) is 1. The third-order valence-electron chi connectivity index (χ3n) is 4.02. The van der Waals surface area contributed by atoms with Gasteiger partial charge in [-0.3, -0.25) is 4.72 Å². The highest BCUT2D eigenvalue weighted by Gasteiger charge is 2.19. The SMILES string of the molecule is Cc1ccc(/C=C/S(=O)(=O)Cc2nnc(CS(=O)(=O)Nc3ccc(C)cc3)o2)cc1. The topological polar surface area (TPSA) is 119 Å². The van der Waals surface area contributed by atoms with E-state index in [9.17, 15) is 16.8 Å². The zero-order valence-electron chi connectivity index (χ0n) is 16.4. The molecule has 1 heterocycles. The molecule has 0 fully saturated rings. The summed E-state index contributed by atoms with van der Waals surface area (Å²) in [5.41, 5.74) is 3.21. The van der Waals surface area contributed by atoms with E-state index in [1.165, 1.54) is 6.08 Å². The molecule has 0 atom stereocenters. The lowest BCUT2D eigenvalue weighted by atomic mass is 10.2. The Bertz CT molecular complexity index is 1240. The van der Waals surface area contributed by atoms with Gasteiger partial charge in [0.05, 0.1) is 0 Å². The number of hydrogen-bond acceptors (Lipinski definition) is 7. The third kappa shape index (κ3) is 6.53. The van der Waals surface area contributed by atoms with Gasteiger partial charge in [-0.1, -0.05) is 47.5 Å². The Balaban J connectivity index is 1.63. The van der Waals surface area contributed by atoms with Gasteiger partial charge in [-0.2, -0.15) is 0 Å². The first-order chi connectivity index (χ1) is 14.1. The fraction of sp³-hybridized carbons (Fsp3) is 0.200. The Morgan fingerprint density at radius 2 is 1.37 bits per heavy atom. The molecule has 0 radical (unpaired) electrons. The van der Waals surface area contributed by atoms with Crippen LogP contribution in [0, 0.1) is 13.8 Å². The van der Waals surface area contributed by atoms with Crippen molar-refractivity contribution in [3.8, 4) is 0 Å². The number of sulfonamides is 1. The standard InChI is InChI=1S/C20H21N3O5S2/c1-15-3-7-17(8-4-15)11-12-29(24,25)13-19-21-22-20(28-19)14-30(26,27)23-18-9-5-16(2)6-10-18/h3-12,23H,13-14H2,1-2H3/b12-11+. The minimum Gasteiger partial charge on any atom is -0.423 e. The summed E-state index contributed by atoms with van der Waals surface area (Å²) >= 11 is 0. The van der Waals surface area contributed by atoms with E-state index in [2.05, 4.69) is 14.9 Å². The Morgan fingerprint density at radius 1 is 0.833 bits per heavy atom. The molecule has 1 N–H and O–H groups in total. The maximum Gasteiger partial charge on any atom is 0.241 e. The lowest BCUT2D eigenvalue weighted by Crippen LogP contribution is -2.15. The number of anilines is 1. The molecule has 0 unspecified atom stereocenters. The number of nitrogens with zero attached hydrogens (tertiary/aromatic N) is 2. The van der Waals surface area contributed by atoms with Crippen molar-refractivity contribution >= 4 is 31.6 Å². The summed E-state index contributed by atoms with van der Waals surface area (Å²) in [5, 5.41) is 8.36. The van der Waals surface area contributed by atoms with Gasteiger partial charge in [0.15, 0.2) is 9.84 Å². The molecule has 0 spiro atoms. The van der Waals surface area contributed by atoms with Gasteiger partial charge in [-0.25, -0.2) is 16.8 Å². The van der Waals surface area contributed by atoms with Crippen molar-refractivity contribution in [2.75, 3.05) is 4.72 Å². The van der Waals surface area contributed by atoms with Crippen molar-refractivity contribution in [1.29, 1.82) is 0 Å². The summed E-state index contributed by atoms with van der Waals surface area (Å²) in [5.74, 6) is -1.45. The molecule has 0 aliphatic heterocycles. The predicted octanol–water partition coefficient (Wildman–Crippen LogP) is 3.21. The van der Waals surface area contributed by atoms with Crippen LogP contribution < -0.4 is 4.72 Å². The molecule has 0 aliphatic rings. The summed E-state index contributed by atoms with van der Waals surface area (Å²) in [6.45, 7) is 3.83. The predicted molar refractivity (Wildman–Crippen MR) is 115 cm³/mol. The summed E-state index contributed by atoms with van der Waals surface area (Å²) in [6.07, 6.45) is 1.47. The molecule has 10 heteroatoms. The third-order valence-corrected chi connectivity index (χ3v) is 6.39. The second-order valence-corrected chi connectivity index (χ2v) is 10.4. The van der Waals surface area contributed by atoms with Gasteiger partial charge in [-0.15, -0.1) is 10.2 Å². The van der Waals surface area contributed by atoms with E-state index in [-0.39, 0.29) is 11.8 Å². The molecule has 8 nitrogen and oxygen atoms in total. The molecular weight excluding hydrogens is 426 g/mol. The first kappa shape index (κ1) is 21.7. The van der Waals surface area contributed by atoms with Crippen LogP contribution in [0.1, 0.15) is 28.5 Å². The minimum atomic E-state index is -3.79. The molecular formula is C20H21N3O5S2. The highest BCUT2D eigenvalue weighted by atomic mass is 32.2. The molecule has 2 aromatic carbocycles. The fourth-order valence-electron chi connectivity index (χ4n) is 2.48. The van der Waals surface area contributed by atoms with Crippen LogP contribution >= 0.6 is 0 Å². The first-order valence-corrected chi connectivity index (χ1v) is 12.3. The molecule has 0 saturated carbocycles.